The van der Waals surface area contributed by atoms with E-state index in [0.717, 1.165) is 16.6 Å². The van der Waals surface area contributed by atoms with Gasteiger partial charge in [0.05, 0.1) is 28.8 Å². The number of nitrogens with zero attached hydrogens (tertiary/aromatic N) is 2. The van der Waals surface area contributed by atoms with Crippen LogP contribution in [0.25, 0.3) is 0 Å². The van der Waals surface area contributed by atoms with Crippen LogP contribution in [0.5, 0.6) is 0 Å². The number of carbonyl (C=O) groups excluding carboxylic acids is 2. The van der Waals surface area contributed by atoms with Crippen LogP contribution in [0.2, 0.25) is 0 Å². The number of aromatic nitrogens is 1. The Balaban J connectivity index is 1.45. The summed E-state index contributed by atoms with van der Waals surface area (Å²) < 4.78 is 2.98. The van der Waals surface area contributed by atoms with E-state index in [-0.39, 0.29) is 36.1 Å². The molecule has 1 saturated carbocycles. The lowest BCUT2D eigenvalue weighted by Crippen LogP contribution is -2.53. The smallest absolute Gasteiger partial charge is 0.318 e. The average molecular weight is 415 g/mol. The largest absolute Gasteiger partial charge is 0.344 e. The number of rotatable bonds is 2. The number of carbonyl (C=O) groups is 2. The molecule has 4 atom stereocenters. The van der Waals surface area contributed by atoms with E-state index in [0.29, 0.717) is 12.2 Å². The minimum Gasteiger partial charge on any atom is -0.344 e. The van der Waals surface area contributed by atoms with Crippen molar-refractivity contribution in [2.45, 2.75) is 44.1 Å². The zero-order valence-electron chi connectivity index (χ0n) is 14.3. The van der Waals surface area contributed by atoms with Crippen molar-refractivity contribution in [1.29, 1.82) is 0 Å². The molecule has 2 fully saturated rings. The summed E-state index contributed by atoms with van der Waals surface area (Å²) in [7, 11) is 0. The van der Waals surface area contributed by atoms with Crippen LogP contribution >= 0.6 is 15.9 Å². The lowest BCUT2D eigenvalue weighted by molar-refractivity contribution is 0.0880. The molecule has 2 N–H and O–H groups in total. The molecule has 3 heterocycles. The number of amides is 3. The molecule has 6 nitrogen and oxygen atoms in total. The van der Waals surface area contributed by atoms with Crippen LogP contribution in [-0.2, 0) is 6.54 Å². The summed E-state index contributed by atoms with van der Waals surface area (Å²) in [6.45, 7) is 2.64. The molecular formula is C19H19BrN4O2. The number of urea groups is 1. The van der Waals surface area contributed by atoms with Crippen molar-refractivity contribution < 1.29 is 9.59 Å². The molecule has 1 saturated heterocycles. The Morgan fingerprint density at radius 2 is 1.77 bits per heavy atom. The molecule has 3 aliphatic rings. The highest BCUT2D eigenvalue weighted by Crippen LogP contribution is 2.42. The molecule has 1 aromatic heterocycles. The Morgan fingerprint density at radius 1 is 1.04 bits per heavy atom. The Bertz CT molecular complexity index is 907. The Morgan fingerprint density at radius 3 is 2.54 bits per heavy atom. The van der Waals surface area contributed by atoms with Crippen LogP contribution < -0.4 is 10.6 Å². The summed E-state index contributed by atoms with van der Waals surface area (Å²) in [4.78, 5) is 26.9. The molecule has 7 heteroatoms. The third-order valence-corrected chi connectivity index (χ3v) is 6.50. The first-order valence-corrected chi connectivity index (χ1v) is 9.62. The fraction of sp³-hybridized carbons (Fsp3) is 0.368. The summed E-state index contributed by atoms with van der Waals surface area (Å²) in [5.41, 5.74) is 3.00. The van der Waals surface area contributed by atoms with Gasteiger partial charge in [0, 0.05) is 6.54 Å². The summed E-state index contributed by atoms with van der Waals surface area (Å²) in [5.74, 6) is -0.0798. The number of hydrogen-bond acceptors (Lipinski definition) is 2. The molecular weight excluding hydrogens is 396 g/mol. The van der Waals surface area contributed by atoms with E-state index < -0.39 is 0 Å². The summed E-state index contributed by atoms with van der Waals surface area (Å²) >= 11 is 3.57. The van der Waals surface area contributed by atoms with Gasteiger partial charge < -0.3 is 20.1 Å². The second-order valence-electron chi connectivity index (χ2n) is 7.37. The zero-order chi connectivity index (χ0) is 18.0. The predicted molar refractivity (Wildman–Crippen MR) is 99.9 cm³/mol. The molecule has 1 aliphatic carbocycles. The first kappa shape index (κ1) is 15.9. The highest BCUT2D eigenvalue weighted by molar-refractivity contribution is 9.10. The molecule has 0 radical (unpaired) electrons. The molecule has 134 valence electrons. The van der Waals surface area contributed by atoms with Gasteiger partial charge in [-0.05, 0) is 47.0 Å². The van der Waals surface area contributed by atoms with Crippen LogP contribution in [0.4, 0.5) is 4.79 Å². The monoisotopic (exact) mass is 414 g/mol. The first-order valence-electron chi connectivity index (χ1n) is 8.83. The number of hydrogen-bond donors (Lipinski definition) is 2. The maximum Gasteiger partial charge on any atom is 0.318 e. The van der Waals surface area contributed by atoms with Gasteiger partial charge >= 0.3 is 6.03 Å². The standard InChI is InChI=1S/C19H19BrN4O2/c1-10-2-4-11(5-3-10)9-23-13-8-14-17(16(13)22-19(23)26)21-18(25)12-6-7-15(20)24(12)14/h2-7,13-14,16-17H,8-9H2,1H3,(H,21,25)(H,22,26)/t13-,14-,16-,17-/m1/s1. The summed E-state index contributed by atoms with van der Waals surface area (Å²) in [6.07, 6.45) is 0.820. The number of halogens is 1. The van der Waals surface area contributed by atoms with E-state index in [4.69, 9.17) is 0 Å². The SMILES string of the molecule is Cc1ccc(CN2C(=O)N[C@H]3[C@@H]4NC(=O)c5ccc(Br)n5[C@@H]4C[C@H]32)cc1. The van der Waals surface area contributed by atoms with Crippen LogP contribution in [0.1, 0.15) is 34.1 Å². The third kappa shape index (κ3) is 2.23. The summed E-state index contributed by atoms with van der Waals surface area (Å²) in [5, 5.41) is 6.21. The maximum absolute atomic E-state index is 12.6. The maximum atomic E-state index is 12.6. The minimum atomic E-state index is -0.0873. The number of benzene rings is 1. The van der Waals surface area contributed by atoms with Gasteiger partial charge in [0.1, 0.15) is 5.69 Å². The van der Waals surface area contributed by atoms with Crippen molar-refractivity contribution in [2.75, 3.05) is 0 Å². The van der Waals surface area contributed by atoms with E-state index in [9.17, 15) is 9.59 Å². The lowest BCUT2D eigenvalue weighted by Gasteiger charge is -2.32. The second-order valence-corrected chi connectivity index (χ2v) is 8.18. The molecule has 26 heavy (non-hydrogen) atoms. The van der Waals surface area contributed by atoms with Gasteiger partial charge in [0.15, 0.2) is 0 Å². The van der Waals surface area contributed by atoms with Crippen molar-refractivity contribution >= 4 is 27.9 Å². The quantitative estimate of drug-likeness (QED) is 0.792. The van der Waals surface area contributed by atoms with Crippen LogP contribution in [0.15, 0.2) is 41.0 Å². The van der Waals surface area contributed by atoms with E-state index >= 15 is 0 Å². The summed E-state index contributed by atoms with van der Waals surface area (Å²) in [6, 6.07) is 12.0. The molecule has 2 aliphatic heterocycles. The van der Waals surface area contributed by atoms with E-state index in [2.05, 4.69) is 62.3 Å². The van der Waals surface area contributed by atoms with Gasteiger partial charge in [0.25, 0.3) is 5.91 Å². The molecule has 0 spiro atoms. The minimum absolute atomic E-state index is 0.0503. The van der Waals surface area contributed by atoms with Gasteiger partial charge in [-0.2, -0.15) is 0 Å². The topological polar surface area (TPSA) is 66.4 Å². The molecule has 0 bridgehead atoms. The Hall–Kier alpha value is -2.28. The van der Waals surface area contributed by atoms with Crippen molar-refractivity contribution in [3.05, 3.63) is 57.8 Å². The van der Waals surface area contributed by atoms with Crippen molar-refractivity contribution in [2.24, 2.45) is 0 Å². The predicted octanol–water partition coefficient (Wildman–Crippen LogP) is 2.58. The number of fused-ring (bicyclic) bond motifs is 5. The fourth-order valence-corrected chi connectivity index (χ4v) is 5.19. The van der Waals surface area contributed by atoms with Crippen LogP contribution in [0.3, 0.4) is 0 Å². The fourth-order valence-electron chi connectivity index (χ4n) is 4.60. The zero-order valence-corrected chi connectivity index (χ0v) is 15.9. The third-order valence-electron chi connectivity index (χ3n) is 5.85. The molecule has 1 aromatic carbocycles. The van der Waals surface area contributed by atoms with Gasteiger partial charge in [-0.25, -0.2) is 4.79 Å². The van der Waals surface area contributed by atoms with Crippen LogP contribution in [-0.4, -0.2) is 39.5 Å². The van der Waals surface area contributed by atoms with Crippen LogP contribution in [0, 0.1) is 6.92 Å². The normalized spacial score (nSPS) is 29.1. The highest BCUT2D eigenvalue weighted by atomic mass is 79.9. The molecule has 2 aromatic rings. The lowest BCUT2D eigenvalue weighted by atomic mass is 10.1. The van der Waals surface area contributed by atoms with Gasteiger partial charge in [0.2, 0.25) is 0 Å². The Kier molecular flexibility index (Phi) is 3.44. The highest BCUT2D eigenvalue weighted by Gasteiger charge is 2.55. The van der Waals surface area contributed by atoms with Gasteiger partial charge in [-0.1, -0.05) is 29.8 Å². The van der Waals surface area contributed by atoms with E-state index in [1.165, 1.54) is 5.56 Å². The van der Waals surface area contributed by atoms with E-state index in [1.54, 1.807) is 0 Å². The van der Waals surface area contributed by atoms with Crippen molar-refractivity contribution in [3.63, 3.8) is 0 Å². The molecule has 0 unspecified atom stereocenters. The van der Waals surface area contributed by atoms with E-state index in [1.807, 2.05) is 17.0 Å². The molecule has 3 amide bonds. The number of aryl methyl sites for hydroxylation is 1. The van der Waals surface area contributed by atoms with Crippen molar-refractivity contribution in [1.82, 2.24) is 20.1 Å². The second kappa shape index (κ2) is 5.61. The number of nitrogens with one attached hydrogen (secondary N) is 2. The average Bonchev–Trinajstić information content (AvgIpc) is 3.25. The van der Waals surface area contributed by atoms with Crippen molar-refractivity contribution in [3.8, 4) is 0 Å². The van der Waals surface area contributed by atoms with Gasteiger partial charge in [-0.15, -0.1) is 0 Å². The Labute approximate surface area is 159 Å². The first-order chi connectivity index (χ1) is 12.5. The van der Waals surface area contributed by atoms with Gasteiger partial charge in [-0.3, -0.25) is 4.79 Å². The molecule has 5 rings (SSSR count).